The van der Waals surface area contributed by atoms with Gasteiger partial charge in [-0.1, -0.05) is 42.0 Å². The molecule has 1 unspecified atom stereocenters. The van der Waals surface area contributed by atoms with Gasteiger partial charge in [0.05, 0.1) is 28.4 Å². The van der Waals surface area contributed by atoms with Crippen LogP contribution in [-0.2, 0) is 9.59 Å². The number of rotatable bonds is 6. The Morgan fingerprint density at radius 1 is 1.11 bits per heavy atom. The molecule has 0 radical (unpaired) electrons. The quantitative estimate of drug-likeness (QED) is 0.108. The number of aliphatic hydroxyl groups excluding tert-OH is 1. The van der Waals surface area contributed by atoms with E-state index in [1.807, 2.05) is 31.2 Å². The molecule has 4 aromatic rings. The molecular weight excluding hydrogens is 611 g/mol. The molecule has 182 valence electrons. The van der Waals surface area contributed by atoms with Crippen LogP contribution in [0.3, 0.4) is 0 Å². The Labute approximate surface area is 230 Å². The Bertz CT molecular complexity index is 1500. The number of Topliss-reactive ketones (excluding diaryl/α,β-unsaturated/α-hetero) is 1. The zero-order valence-electron chi connectivity index (χ0n) is 19.1. The second-order valence-corrected chi connectivity index (χ2v) is 10.9. The van der Waals surface area contributed by atoms with Gasteiger partial charge in [-0.2, -0.15) is 0 Å². The predicted molar refractivity (Wildman–Crippen MR) is 151 cm³/mol. The summed E-state index contributed by atoms with van der Waals surface area (Å²) in [5, 5.41) is 12.2. The molecule has 1 amide bonds. The number of ether oxygens (including phenoxy) is 1. The minimum atomic E-state index is -0.839. The van der Waals surface area contributed by atoms with Gasteiger partial charge in [-0.3, -0.25) is 14.5 Å². The molecule has 1 fully saturated rings. The van der Waals surface area contributed by atoms with Crippen LogP contribution in [0.25, 0.3) is 16.0 Å². The fraction of sp³-hybridized carbons (Fsp3) is 0.148. The van der Waals surface area contributed by atoms with Crippen LogP contribution < -0.4 is 9.64 Å². The van der Waals surface area contributed by atoms with Crippen molar-refractivity contribution >= 4 is 78.3 Å². The van der Waals surface area contributed by atoms with Crippen molar-refractivity contribution in [1.29, 1.82) is 0 Å². The summed E-state index contributed by atoms with van der Waals surface area (Å²) in [6, 6.07) is 18.8. The first-order valence-electron chi connectivity index (χ1n) is 11.2. The third-order valence-electron chi connectivity index (χ3n) is 5.78. The van der Waals surface area contributed by atoms with E-state index in [2.05, 4.69) is 27.6 Å². The van der Waals surface area contributed by atoms with Crippen LogP contribution >= 0.6 is 45.5 Å². The van der Waals surface area contributed by atoms with Crippen molar-refractivity contribution in [2.45, 2.75) is 19.4 Å². The Hall–Kier alpha value is -2.95. The van der Waals surface area contributed by atoms with Crippen molar-refractivity contribution in [3.05, 3.63) is 92.0 Å². The number of aromatic nitrogens is 1. The number of carbonyl (C=O) groups excluding carboxylic acids is 2. The zero-order valence-corrected chi connectivity index (χ0v) is 22.8. The second-order valence-electron chi connectivity index (χ2n) is 8.20. The van der Waals surface area contributed by atoms with Crippen LogP contribution in [0.4, 0.5) is 5.13 Å². The molecule has 5 rings (SSSR count). The minimum Gasteiger partial charge on any atom is -0.507 e. The summed E-state index contributed by atoms with van der Waals surface area (Å²) in [6.07, 6.45) is 0.874. The summed E-state index contributed by atoms with van der Waals surface area (Å²) in [4.78, 5) is 32.7. The third-order valence-corrected chi connectivity index (χ3v) is 7.75. The fourth-order valence-corrected chi connectivity index (χ4v) is 5.69. The highest BCUT2D eigenvalue weighted by molar-refractivity contribution is 14.1. The molecule has 9 heteroatoms. The molecule has 2 heterocycles. The summed E-state index contributed by atoms with van der Waals surface area (Å²) < 4.78 is 7.42. The number of thiazole rings is 1. The van der Waals surface area contributed by atoms with E-state index in [0.717, 1.165) is 14.7 Å². The normalized spacial score (nSPS) is 17.2. The molecule has 1 aliphatic heterocycles. The summed E-state index contributed by atoms with van der Waals surface area (Å²) in [6.45, 7) is 2.60. The van der Waals surface area contributed by atoms with Gasteiger partial charge in [0.15, 0.2) is 5.13 Å². The van der Waals surface area contributed by atoms with Crippen molar-refractivity contribution in [2.24, 2.45) is 0 Å². The van der Waals surface area contributed by atoms with Crippen LogP contribution in [0, 0.1) is 3.57 Å². The van der Waals surface area contributed by atoms with Gasteiger partial charge >= 0.3 is 5.91 Å². The first kappa shape index (κ1) is 24.7. The maximum Gasteiger partial charge on any atom is 0.301 e. The molecule has 0 bridgehead atoms. The molecule has 3 aromatic carbocycles. The Kier molecular flexibility index (Phi) is 7.00. The molecule has 6 nitrogen and oxygen atoms in total. The molecule has 0 saturated carbocycles. The SMILES string of the molecule is CCCOc1ccc(C(O)=C2C(=O)C(=O)N(c3nc4ccc(Cl)cc4s3)C2c2ccc(I)cc2)cc1. The van der Waals surface area contributed by atoms with Crippen LogP contribution in [-0.4, -0.2) is 28.4 Å². The Morgan fingerprint density at radius 3 is 2.53 bits per heavy atom. The van der Waals surface area contributed by atoms with E-state index in [4.69, 9.17) is 16.3 Å². The molecule has 0 spiro atoms. The zero-order chi connectivity index (χ0) is 25.4. The number of nitrogens with zero attached hydrogens (tertiary/aromatic N) is 2. The van der Waals surface area contributed by atoms with E-state index in [1.54, 1.807) is 42.5 Å². The minimum absolute atomic E-state index is 0.0146. The first-order valence-corrected chi connectivity index (χ1v) is 13.5. The topological polar surface area (TPSA) is 79.7 Å². The highest BCUT2D eigenvalue weighted by atomic mass is 127. The Morgan fingerprint density at radius 2 is 1.83 bits per heavy atom. The predicted octanol–water partition coefficient (Wildman–Crippen LogP) is 6.97. The summed E-state index contributed by atoms with van der Waals surface area (Å²) >= 11 is 9.61. The van der Waals surface area contributed by atoms with Gasteiger partial charge in [0, 0.05) is 14.2 Å². The maximum absolute atomic E-state index is 13.4. The van der Waals surface area contributed by atoms with Gasteiger partial charge < -0.3 is 9.84 Å². The number of aliphatic hydroxyl groups is 1. The van der Waals surface area contributed by atoms with Crippen LogP contribution in [0.2, 0.25) is 5.02 Å². The molecule has 0 aliphatic carbocycles. The highest BCUT2D eigenvalue weighted by Gasteiger charge is 2.48. The number of ketones is 1. The molecule has 1 aliphatic rings. The molecule has 1 N–H and O–H groups in total. The number of fused-ring (bicyclic) bond motifs is 1. The van der Waals surface area contributed by atoms with Crippen LogP contribution in [0.1, 0.15) is 30.5 Å². The van der Waals surface area contributed by atoms with Crippen LogP contribution in [0.15, 0.2) is 72.3 Å². The number of anilines is 1. The van der Waals surface area contributed by atoms with E-state index in [-0.39, 0.29) is 11.3 Å². The number of hydrogen-bond acceptors (Lipinski definition) is 6. The molecule has 1 saturated heterocycles. The monoisotopic (exact) mass is 630 g/mol. The van der Waals surface area contributed by atoms with Gasteiger partial charge in [-0.05, 0) is 89.2 Å². The standard InChI is InChI=1S/C27H20ClIN2O4S/c1-2-13-35-19-10-5-16(6-11-19)24(32)22-23(15-3-8-18(29)9-4-15)31(26(34)25(22)33)27-30-20-12-7-17(28)14-21(20)36-27/h3-12,14,23,32H,2,13H2,1H3. The van der Waals surface area contributed by atoms with Gasteiger partial charge in [0.2, 0.25) is 0 Å². The van der Waals surface area contributed by atoms with Gasteiger partial charge in [0.25, 0.3) is 5.78 Å². The molecular formula is C27H20ClIN2O4S. The van der Waals surface area contributed by atoms with Crippen molar-refractivity contribution in [1.82, 2.24) is 4.98 Å². The van der Waals surface area contributed by atoms with Crippen molar-refractivity contribution in [3.63, 3.8) is 0 Å². The number of halogens is 2. The number of carbonyl (C=O) groups is 2. The summed E-state index contributed by atoms with van der Waals surface area (Å²) in [5.74, 6) is -1.09. The van der Waals surface area contributed by atoms with Crippen molar-refractivity contribution in [3.8, 4) is 5.75 Å². The van der Waals surface area contributed by atoms with E-state index in [1.165, 1.54) is 16.2 Å². The lowest BCUT2D eigenvalue weighted by Gasteiger charge is -2.23. The lowest BCUT2D eigenvalue weighted by Crippen LogP contribution is -2.29. The second kappa shape index (κ2) is 10.2. The Balaban J connectivity index is 1.65. The number of benzene rings is 3. The van der Waals surface area contributed by atoms with Gasteiger partial charge in [0.1, 0.15) is 11.5 Å². The van der Waals surface area contributed by atoms with Gasteiger partial charge in [-0.25, -0.2) is 4.98 Å². The summed E-state index contributed by atoms with van der Waals surface area (Å²) in [7, 11) is 0. The molecule has 1 aromatic heterocycles. The molecule has 1 atom stereocenters. The average Bonchev–Trinajstić information content (AvgIpc) is 3.40. The largest absolute Gasteiger partial charge is 0.507 e. The molecule has 36 heavy (non-hydrogen) atoms. The average molecular weight is 631 g/mol. The van der Waals surface area contributed by atoms with E-state index < -0.39 is 17.7 Å². The van der Waals surface area contributed by atoms with Crippen molar-refractivity contribution in [2.75, 3.05) is 11.5 Å². The lowest BCUT2D eigenvalue weighted by molar-refractivity contribution is -0.132. The van der Waals surface area contributed by atoms with E-state index >= 15 is 0 Å². The summed E-state index contributed by atoms with van der Waals surface area (Å²) in [5.41, 5.74) is 1.80. The fourth-order valence-electron chi connectivity index (χ4n) is 4.06. The lowest BCUT2D eigenvalue weighted by atomic mass is 9.95. The van der Waals surface area contributed by atoms with E-state index in [0.29, 0.717) is 39.2 Å². The van der Waals surface area contributed by atoms with Crippen LogP contribution in [0.5, 0.6) is 5.75 Å². The van der Waals surface area contributed by atoms with Crippen molar-refractivity contribution < 1.29 is 19.4 Å². The number of hydrogen-bond donors (Lipinski definition) is 1. The smallest absolute Gasteiger partial charge is 0.301 e. The first-order chi connectivity index (χ1) is 17.4. The maximum atomic E-state index is 13.4. The number of amides is 1. The third kappa shape index (κ3) is 4.60. The van der Waals surface area contributed by atoms with Gasteiger partial charge in [-0.15, -0.1) is 0 Å². The highest BCUT2D eigenvalue weighted by Crippen LogP contribution is 2.44. The van der Waals surface area contributed by atoms with E-state index in [9.17, 15) is 14.7 Å².